The normalized spacial score (nSPS) is 27.7. The Bertz CT molecular complexity index is 358. The fourth-order valence-electron chi connectivity index (χ4n) is 2.79. The summed E-state index contributed by atoms with van der Waals surface area (Å²) in [6.45, 7) is 4.05. The van der Waals surface area contributed by atoms with Crippen molar-refractivity contribution < 1.29 is 9.84 Å². The third kappa shape index (κ3) is 2.88. The Kier molecular flexibility index (Phi) is 4.69. The molecule has 0 spiro atoms. The van der Waals surface area contributed by atoms with E-state index < -0.39 is 6.10 Å². The van der Waals surface area contributed by atoms with Crippen molar-refractivity contribution in [2.45, 2.75) is 25.4 Å². The number of pyridine rings is 1. The Labute approximate surface area is 108 Å². The number of aromatic nitrogens is 1. The van der Waals surface area contributed by atoms with Crippen molar-refractivity contribution in [2.24, 2.45) is 17.6 Å². The van der Waals surface area contributed by atoms with E-state index in [9.17, 15) is 5.11 Å². The second kappa shape index (κ2) is 6.27. The SMILES string of the molecule is CC1COCCC1C(O)C(CN)c1ccncc1. The van der Waals surface area contributed by atoms with E-state index in [1.807, 2.05) is 12.1 Å². The summed E-state index contributed by atoms with van der Waals surface area (Å²) in [6, 6.07) is 3.87. The van der Waals surface area contributed by atoms with Crippen molar-refractivity contribution in [1.29, 1.82) is 0 Å². The molecule has 1 aliphatic rings. The fourth-order valence-corrected chi connectivity index (χ4v) is 2.79. The topological polar surface area (TPSA) is 68.4 Å². The van der Waals surface area contributed by atoms with Crippen LogP contribution in [0, 0.1) is 11.8 Å². The molecule has 4 nitrogen and oxygen atoms in total. The lowest BCUT2D eigenvalue weighted by Crippen LogP contribution is -2.39. The van der Waals surface area contributed by atoms with E-state index >= 15 is 0 Å². The van der Waals surface area contributed by atoms with Crippen molar-refractivity contribution in [3.05, 3.63) is 30.1 Å². The predicted octanol–water partition coefficient (Wildman–Crippen LogP) is 1.16. The van der Waals surface area contributed by atoms with Gasteiger partial charge in [-0.05, 0) is 36.0 Å². The molecule has 2 rings (SSSR count). The van der Waals surface area contributed by atoms with E-state index in [0.29, 0.717) is 12.5 Å². The molecule has 1 aromatic rings. The number of rotatable bonds is 4. The van der Waals surface area contributed by atoms with Crippen LogP contribution in [-0.4, -0.2) is 36.0 Å². The molecule has 0 aromatic carbocycles. The molecule has 0 bridgehead atoms. The summed E-state index contributed by atoms with van der Waals surface area (Å²) in [7, 11) is 0. The van der Waals surface area contributed by atoms with Gasteiger partial charge in [-0.3, -0.25) is 4.98 Å². The third-order valence-corrected chi connectivity index (χ3v) is 3.95. The molecule has 1 aliphatic heterocycles. The van der Waals surface area contributed by atoms with Gasteiger partial charge in [0, 0.05) is 38.1 Å². The zero-order valence-electron chi connectivity index (χ0n) is 10.8. The van der Waals surface area contributed by atoms with Gasteiger partial charge in [0.2, 0.25) is 0 Å². The molecular formula is C14H22N2O2. The second-order valence-corrected chi connectivity index (χ2v) is 5.12. The van der Waals surface area contributed by atoms with E-state index in [0.717, 1.165) is 25.2 Å². The maximum Gasteiger partial charge on any atom is 0.0653 e. The summed E-state index contributed by atoms with van der Waals surface area (Å²) >= 11 is 0. The van der Waals surface area contributed by atoms with E-state index in [1.165, 1.54) is 0 Å². The molecule has 3 N–H and O–H groups in total. The van der Waals surface area contributed by atoms with Crippen LogP contribution in [0.3, 0.4) is 0 Å². The molecule has 1 aromatic heterocycles. The first-order chi connectivity index (χ1) is 8.74. The van der Waals surface area contributed by atoms with Crippen molar-refractivity contribution >= 4 is 0 Å². The van der Waals surface area contributed by atoms with Crippen molar-refractivity contribution in [1.82, 2.24) is 4.98 Å². The van der Waals surface area contributed by atoms with Crippen LogP contribution in [0.1, 0.15) is 24.8 Å². The van der Waals surface area contributed by atoms with Gasteiger partial charge < -0.3 is 15.6 Å². The second-order valence-electron chi connectivity index (χ2n) is 5.12. The van der Waals surface area contributed by atoms with Gasteiger partial charge in [-0.15, -0.1) is 0 Å². The Balaban J connectivity index is 2.12. The van der Waals surface area contributed by atoms with Gasteiger partial charge in [0.1, 0.15) is 0 Å². The van der Waals surface area contributed by atoms with Gasteiger partial charge in [0.15, 0.2) is 0 Å². The van der Waals surface area contributed by atoms with E-state index in [-0.39, 0.29) is 11.8 Å². The summed E-state index contributed by atoms with van der Waals surface area (Å²) in [5.74, 6) is 0.628. The monoisotopic (exact) mass is 250 g/mol. The summed E-state index contributed by atoms with van der Waals surface area (Å²) in [4.78, 5) is 4.01. The molecule has 4 atom stereocenters. The highest BCUT2D eigenvalue weighted by Crippen LogP contribution is 2.32. The lowest BCUT2D eigenvalue weighted by Gasteiger charge is -2.36. The highest BCUT2D eigenvalue weighted by atomic mass is 16.5. The molecule has 1 fully saturated rings. The average Bonchev–Trinajstić information content (AvgIpc) is 2.41. The fraction of sp³-hybridized carbons (Fsp3) is 0.643. The molecule has 1 saturated heterocycles. The van der Waals surface area contributed by atoms with Crippen LogP contribution < -0.4 is 5.73 Å². The molecule has 0 aliphatic carbocycles. The molecule has 100 valence electrons. The lowest BCUT2D eigenvalue weighted by atomic mass is 9.78. The van der Waals surface area contributed by atoms with Gasteiger partial charge in [-0.25, -0.2) is 0 Å². The van der Waals surface area contributed by atoms with Crippen LogP contribution in [-0.2, 0) is 4.74 Å². The number of nitrogens with zero attached hydrogens (tertiary/aromatic N) is 1. The zero-order chi connectivity index (χ0) is 13.0. The van der Waals surface area contributed by atoms with Gasteiger partial charge >= 0.3 is 0 Å². The standard InChI is InChI=1S/C14H22N2O2/c1-10-9-18-7-4-12(10)14(17)13(8-15)11-2-5-16-6-3-11/h2-3,5-6,10,12-14,17H,4,7-9,15H2,1H3. The van der Waals surface area contributed by atoms with E-state index in [1.54, 1.807) is 12.4 Å². The van der Waals surface area contributed by atoms with Gasteiger partial charge in [0.25, 0.3) is 0 Å². The van der Waals surface area contributed by atoms with E-state index in [2.05, 4.69) is 11.9 Å². The van der Waals surface area contributed by atoms with Gasteiger partial charge in [0.05, 0.1) is 6.10 Å². The molecular weight excluding hydrogens is 228 g/mol. The summed E-state index contributed by atoms with van der Waals surface area (Å²) < 4.78 is 5.43. The van der Waals surface area contributed by atoms with Gasteiger partial charge in [-0.2, -0.15) is 0 Å². The van der Waals surface area contributed by atoms with Crippen LogP contribution in [0.5, 0.6) is 0 Å². The summed E-state index contributed by atoms with van der Waals surface area (Å²) in [5.41, 5.74) is 6.91. The molecule has 4 heteroatoms. The first kappa shape index (κ1) is 13.5. The number of aliphatic hydroxyl groups is 1. The van der Waals surface area contributed by atoms with Crippen molar-refractivity contribution in [2.75, 3.05) is 19.8 Å². The predicted molar refractivity (Wildman–Crippen MR) is 70.1 cm³/mol. The summed E-state index contributed by atoms with van der Waals surface area (Å²) in [6.07, 6.45) is 4.00. The summed E-state index contributed by atoms with van der Waals surface area (Å²) in [5, 5.41) is 10.6. The quantitative estimate of drug-likeness (QED) is 0.841. The highest BCUT2D eigenvalue weighted by Gasteiger charge is 2.33. The van der Waals surface area contributed by atoms with Gasteiger partial charge in [-0.1, -0.05) is 6.92 Å². The Morgan fingerprint density at radius 3 is 2.83 bits per heavy atom. The van der Waals surface area contributed by atoms with Crippen LogP contribution in [0.4, 0.5) is 0 Å². The smallest absolute Gasteiger partial charge is 0.0653 e. The number of hydrogen-bond donors (Lipinski definition) is 2. The number of aliphatic hydroxyl groups excluding tert-OH is 1. The Hall–Kier alpha value is -0.970. The highest BCUT2D eigenvalue weighted by molar-refractivity contribution is 5.18. The minimum Gasteiger partial charge on any atom is -0.392 e. The number of hydrogen-bond acceptors (Lipinski definition) is 4. The molecule has 0 saturated carbocycles. The minimum absolute atomic E-state index is 0.0152. The Morgan fingerprint density at radius 2 is 2.22 bits per heavy atom. The molecule has 2 heterocycles. The molecule has 0 radical (unpaired) electrons. The van der Waals surface area contributed by atoms with Crippen LogP contribution in [0.15, 0.2) is 24.5 Å². The minimum atomic E-state index is -0.406. The van der Waals surface area contributed by atoms with Crippen LogP contribution in [0.25, 0.3) is 0 Å². The van der Waals surface area contributed by atoms with Crippen molar-refractivity contribution in [3.8, 4) is 0 Å². The first-order valence-electron chi connectivity index (χ1n) is 6.59. The first-order valence-corrected chi connectivity index (χ1v) is 6.59. The Morgan fingerprint density at radius 1 is 1.50 bits per heavy atom. The zero-order valence-corrected chi connectivity index (χ0v) is 10.8. The number of ether oxygens (including phenoxy) is 1. The van der Waals surface area contributed by atoms with E-state index in [4.69, 9.17) is 10.5 Å². The largest absolute Gasteiger partial charge is 0.392 e. The maximum absolute atomic E-state index is 10.6. The molecule has 4 unspecified atom stereocenters. The molecule has 0 amide bonds. The third-order valence-electron chi connectivity index (χ3n) is 3.95. The average molecular weight is 250 g/mol. The molecule has 18 heavy (non-hydrogen) atoms. The lowest BCUT2D eigenvalue weighted by molar-refractivity contribution is -0.0379. The maximum atomic E-state index is 10.6. The van der Waals surface area contributed by atoms with Crippen molar-refractivity contribution in [3.63, 3.8) is 0 Å². The number of nitrogens with two attached hydrogens (primary N) is 1. The van der Waals surface area contributed by atoms with Crippen LogP contribution in [0.2, 0.25) is 0 Å². The van der Waals surface area contributed by atoms with Crippen LogP contribution >= 0.6 is 0 Å².